The third-order valence-electron chi connectivity index (χ3n) is 4.01. The van der Waals surface area contributed by atoms with Crippen molar-refractivity contribution in [2.45, 2.75) is 25.6 Å². The molecule has 0 radical (unpaired) electrons. The molecule has 6 heteroatoms. The molecule has 1 amide bonds. The first-order valence-corrected chi connectivity index (χ1v) is 8.39. The molecule has 1 unspecified atom stereocenters. The van der Waals surface area contributed by atoms with E-state index in [1.165, 1.54) is 0 Å². The summed E-state index contributed by atoms with van der Waals surface area (Å²) < 4.78 is 5.55. The van der Waals surface area contributed by atoms with Crippen LogP contribution in [0.1, 0.15) is 29.2 Å². The van der Waals surface area contributed by atoms with E-state index in [1.807, 2.05) is 48.5 Å². The SMILES string of the molecule is O=C(NO)C1=CCC(c2ccc(CNCc3cccc(Cl)c3)cc2)O1. The number of carbonyl (C=O) groups is 1. The van der Waals surface area contributed by atoms with E-state index in [4.69, 9.17) is 21.5 Å². The van der Waals surface area contributed by atoms with Gasteiger partial charge in [-0.3, -0.25) is 10.0 Å². The van der Waals surface area contributed by atoms with E-state index in [-0.39, 0.29) is 11.9 Å². The predicted molar refractivity (Wildman–Crippen MR) is 94.9 cm³/mol. The summed E-state index contributed by atoms with van der Waals surface area (Å²) in [4.78, 5) is 11.3. The van der Waals surface area contributed by atoms with Gasteiger partial charge in [0, 0.05) is 24.5 Å². The van der Waals surface area contributed by atoms with E-state index in [0.717, 1.165) is 34.8 Å². The van der Waals surface area contributed by atoms with Crippen molar-refractivity contribution in [3.63, 3.8) is 0 Å². The first-order chi connectivity index (χ1) is 12.2. The van der Waals surface area contributed by atoms with Crippen molar-refractivity contribution >= 4 is 17.5 Å². The fourth-order valence-corrected chi connectivity index (χ4v) is 2.93. The summed E-state index contributed by atoms with van der Waals surface area (Å²) in [7, 11) is 0. The Hall–Kier alpha value is -2.34. The van der Waals surface area contributed by atoms with Gasteiger partial charge in [0.2, 0.25) is 0 Å². The fourth-order valence-electron chi connectivity index (χ4n) is 2.72. The van der Waals surface area contributed by atoms with E-state index < -0.39 is 5.91 Å². The molecule has 2 aromatic carbocycles. The number of amides is 1. The zero-order valence-corrected chi connectivity index (χ0v) is 14.3. The van der Waals surface area contributed by atoms with Crippen LogP contribution in [0.2, 0.25) is 5.02 Å². The highest BCUT2D eigenvalue weighted by atomic mass is 35.5. The molecule has 1 atom stereocenters. The summed E-state index contributed by atoms with van der Waals surface area (Å²) in [5.41, 5.74) is 4.88. The molecule has 25 heavy (non-hydrogen) atoms. The van der Waals surface area contributed by atoms with Crippen molar-refractivity contribution in [1.29, 1.82) is 0 Å². The molecule has 0 bridgehead atoms. The van der Waals surface area contributed by atoms with Gasteiger partial charge in [-0.2, -0.15) is 0 Å². The number of rotatable bonds is 6. The Morgan fingerprint density at radius 2 is 1.92 bits per heavy atom. The van der Waals surface area contributed by atoms with Crippen LogP contribution in [-0.2, 0) is 22.6 Å². The number of carbonyl (C=O) groups excluding carboxylic acids is 1. The topological polar surface area (TPSA) is 70.6 Å². The van der Waals surface area contributed by atoms with Gasteiger partial charge in [-0.1, -0.05) is 48.0 Å². The number of benzene rings is 2. The molecule has 1 heterocycles. The molecule has 0 aromatic heterocycles. The van der Waals surface area contributed by atoms with Gasteiger partial charge in [0.15, 0.2) is 5.76 Å². The highest BCUT2D eigenvalue weighted by Crippen LogP contribution is 2.31. The minimum Gasteiger partial charge on any atom is -0.480 e. The molecule has 3 N–H and O–H groups in total. The van der Waals surface area contributed by atoms with Crippen LogP contribution in [0.25, 0.3) is 0 Å². The molecule has 130 valence electrons. The second-order valence-electron chi connectivity index (χ2n) is 5.83. The van der Waals surface area contributed by atoms with E-state index in [1.54, 1.807) is 11.6 Å². The van der Waals surface area contributed by atoms with Crippen molar-refractivity contribution in [2.75, 3.05) is 0 Å². The van der Waals surface area contributed by atoms with Crippen LogP contribution in [0, 0.1) is 0 Å². The molecule has 0 aliphatic carbocycles. The first kappa shape index (κ1) is 17.5. The minimum absolute atomic E-state index is 0.153. The molecule has 0 saturated heterocycles. The number of nitrogens with one attached hydrogen (secondary N) is 2. The van der Waals surface area contributed by atoms with Crippen LogP contribution in [0.4, 0.5) is 0 Å². The minimum atomic E-state index is -0.621. The van der Waals surface area contributed by atoms with E-state index in [2.05, 4.69) is 5.32 Å². The summed E-state index contributed by atoms with van der Waals surface area (Å²) in [6, 6.07) is 15.8. The molecule has 0 saturated carbocycles. The summed E-state index contributed by atoms with van der Waals surface area (Å²) in [5, 5.41) is 12.8. The molecule has 2 aromatic rings. The Bertz CT molecular complexity index is 774. The lowest BCUT2D eigenvalue weighted by atomic mass is 10.1. The van der Waals surface area contributed by atoms with E-state index >= 15 is 0 Å². The molecule has 1 aliphatic rings. The Labute approximate surface area is 151 Å². The second kappa shape index (κ2) is 8.16. The molecular formula is C19H19ClN2O3. The summed E-state index contributed by atoms with van der Waals surface area (Å²) >= 11 is 5.98. The largest absolute Gasteiger partial charge is 0.480 e. The highest BCUT2D eigenvalue weighted by Gasteiger charge is 2.24. The molecule has 1 aliphatic heterocycles. The average molecular weight is 359 g/mol. The maximum absolute atomic E-state index is 11.3. The standard InChI is InChI=1S/C19H19ClN2O3/c20-16-3-1-2-14(10-16)12-21-11-13-4-6-15(7-5-13)17-8-9-18(25-17)19(23)22-24/h1-7,9-10,17,21,24H,8,11-12H2,(H,22,23). The van der Waals surface area contributed by atoms with Gasteiger partial charge in [-0.05, 0) is 34.9 Å². The average Bonchev–Trinajstić information content (AvgIpc) is 3.12. The van der Waals surface area contributed by atoms with Crippen molar-refractivity contribution in [2.24, 2.45) is 0 Å². The van der Waals surface area contributed by atoms with Gasteiger partial charge in [0.05, 0.1) is 0 Å². The van der Waals surface area contributed by atoms with Gasteiger partial charge >= 0.3 is 5.91 Å². The Morgan fingerprint density at radius 1 is 1.16 bits per heavy atom. The van der Waals surface area contributed by atoms with Crippen LogP contribution < -0.4 is 10.8 Å². The number of hydroxylamine groups is 1. The molecule has 3 rings (SSSR count). The lowest BCUT2D eigenvalue weighted by Gasteiger charge is -2.13. The first-order valence-electron chi connectivity index (χ1n) is 8.01. The van der Waals surface area contributed by atoms with Gasteiger partial charge in [-0.25, -0.2) is 5.48 Å². The molecule has 0 spiro atoms. The lowest BCUT2D eigenvalue weighted by molar-refractivity contribution is -0.129. The van der Waals surface area contributed by atoms with Crippen LogP contribution >= 0.6 is 11.6 Å². The third-order valence-corrected chi connectivity index (χ3v) is 4.25. The normalized spacial score (nSPS) is 16.2. The van der Waals surface area contributed by atoms with Crippen molar-refractivity contribution in [3.05, 3.63) is 82.1 Å². The third kappa shape index (κ3) is 4.60. The number of hydrogen-bond donors (Lipinski definition) is 3. The Morgan fingerprint density at radius 3 is 2.64 bits per heavy atom. The number of hydrogen-bond acceptors (Lipinski definition) is 4. The lowest BCUT2D eigenvalue weighted by Crippen LogP contribution is -2.21. The van der Waals surface area contributed by atoms with Crippen LogP contribution in [-0.4, -0.2) is 11.1 Å². The van der Waals surface area contributed by atoms with Crippen molar-refractivity contribution < 1.29 is 14.7 Å². The van der Waals surface area contributed by atoms with Crippen LogP contribution in [0.3, 0.4) is 0 Å². The smallest absolute Gasteiger partial charge is 0.309 e. The quantitative estimate of drug-likeness (QED) is 0.546. The van der Waals surface area contributed by atoms with Crippen LogP contribution in [0.15, 0.2) is 60.4 Å². The molecule has 0 fully saturated rings. The Balaban J connectivity index is 1.50. The zero-order chi connectivity index (χ0) is 17.6. The van der Waals surface area contributed by atoms with Crippen molar-refractivity contribution in [1.82, 2.24) is 10.8 Å². The van der Waals surface area contributed by atoms with Gasteiger partial charge < -0.3 is 10.1 Å². The van der Waals surface area contributed by atoms with Gasteiger partial charge in [-0.15, -0.1) is 0 Å². The van der Waals surface area contributed by atoms with Gasteiger partial charge in [0.1, 0.15) is 6.10 Å². The number of halogens is 1. The molecule has 5 nitrogen and oxygen atoms in total. The van der Waals surface area contributed by atoms with Crippen molar-refractivity contribution in [3.8, 4) is 0 Å². The maximum Gasteiger partial charge on any atom is 0.309 e. The van der Waals surface area contributed by atoms with Crippen LogP contribution in [0.5, 0.6) is 0 Å². The molecular weight excluding hydrogens is 340 g/mol. The predicted octanol–water partition coefficient (Wildman–Crippen LogP) is 3.48. The Kier molecular flexibility index (Phi) is 5.71. The maximum atomic E-state index is 11.3. The number of ether oxygens (including phenoxy) is 1. The summed E-state index contributed by atoms with van der Waals surface area (Å²) in [6.45, 7) is 1.49. The zero-order valence-electron chi connectivity index (χ0n) is 13.5. The summed E-state index contributed by atoms with van der Waals surface area (Å²) in [5.74, 6) is -0.468. The summed E-state index contributed by atoms with van der Waals surface area (Å²) in [6.07, 6.45) is 2.09. The van der Waals surface area contributed by atoms with E-state index in [0.29, 0.717) is 6.42 Å². The fraction of sp³-hybridized carbons (Fsp3) is 0.211. The van der Waals surface area contributed by atoms with Gasteiger partial charge in [0.25, 0.3) is 0 Å². The monoisotopic (exact) mass is 358 g/mol. The highest BCUT2D eigenvalue weighted by molar-refractivity contribution is 6.30. The van der Waals surface area contributed by atoms with E-state index in [9.17, 15) is 4.79 Å². The second-order valence-corrected chi connectivity index (χ2v) is 6.26.